The molecule has 3 aliphatic heterocycles. The Morgan fingerprint density at radius 2 is 1.68 bits per heavy atom. The molecule has 31 heavy (non-hydrogen) atoms. The molecule has 3 fully saturated rings. The third-order valence-corrected chi connectivity index (χ3v) is 6.53. The van der Waals surface area contributed by atoms with Gasteiger partial charge in [0.15, 0.2) is 5.65 Å². The zero-order valence-electron chi connectivity index (χ0n) is 17.0. The van der Waals surface area contributed by atoms with E-state index >= 15 is 0 Å². The van der Waals surface area contributed by atoms with Gasteiger partial charge in [-0.1, -0.05) is 0 Å². The minimum atomic E-state index is -4.64. The highest BCUT2D eigenvalue weighted by Crippen LogP contribution is 2.36. The summed E-state index contributed by atoms with van der Waals surface area (Å²) in [7, 11) is 3.19. The Morgan fingerprint density at radius 3 is 2.32 bits per heavy atom. The predicted octanol–water partition coefficient (Wildman–Crippen LogP) is 0.751. The lowest BCUT2D eigenvalue weighted by atomic mass is 10.0. The number of imide groups is 1. The topological polar surface area (TPSA) is 90.2 Å². The van der Waals surface area contributed by atoms with E-state index in [9.17, 15) is 22.8 Å². The van der Waals surface area contributed by atoms with Crippen molar-refractivity contribution in [2.45, 2.75) is 18.8 Å². The summed E-state index contributed by atoms with van der Waals surface area (Å²) in [6.45, 7) is 2.70. The summed E-state index contributed by atoms with van der Waals surface area (Å²) in [5.74, 6) is -0.341. The van der Waals surface area contributed by atoms with E-state index in [0.29, 0.717) is 32.0 Å². The van der Waals surface area contributed by atoms with E-state index in [1.165, 1.54) is 13.1 Å². The Bertz CT molecular complexity index is 1040. The number of amides is 3. The summed E-state index contributed by atoms with van der Waals surface area (Å²) < 4.78 is 40.2. The lowest BCUT2D eigenvalue weighted by Crippen LogP contribution is -2.59. The van der Waals surface area contributed by atoms with Gasteiger partial charge in [-0.3, -0.25) is 14.6 Å². The highest BCUT2D eigenvalue weighted by atomic mass is 19.4. The summed E-state index contributed by atoms with van der Waals surface area (Å²) >= 11 is 0. The molecule has 13 heteroatoms. The number of nitrogens with zero attached hydrogens (tertiary/aromatic N) is 8. The van der Waals surface area contributed by atoms with E-state index in [-0.39, 0.29) is 42.0 Å². The molecule has 0 aromatic carbocycles. The first-order valence-corrected chi connectivity index (χ1v) is 9.95. The van der Waals surface area contributed by atoms with Crippen LogP contribution in [0, 0.1) is 11.8 Å². The maximum absolute atomic E-state index is 13.1. The molecule has 3 saturated heterocycles. The van der Waals surface area contributed by atoms with Gasteiger partial charge in [0.2, 0.25) is 5.91 Å². The fraction of sp³-hybridized carbons (Fsp3) is 0.611. The molecular formula is C18H21F3N8O2. The van der Waals surface area contributed by atoms with Crippen molar-refractivity contribution in [3.8, 4) is 0 Å². The summed E-state index contributed by atoms with van der Waals surface area (Å²) in [6.07, 6.45) is -4.65. The molecule has 166 valence electrons. The number of alkyl halides is 3. The number of likely N-dealkylation sites (tertiary alicyclic amines) is 1. The van der Waals surface area contributed by atoms with Crippen molar-refractivity contribution < 1.29 is 22.8 Å². The molecule has 0 bridgehead atoms. The SMILES string of the molecule is CN1C(=O)CC(N2CC3CN(c4ccc5nnc(C(F)(F)F)n5n4)CC3C2)N(C)C1=O. The van der Waals surface area contributed by atoms with Crippen LogP contribution in [0.4, 0.5) is 23.8 Å². The van der Waals surface area contributed by atoms with Crippen LogP contribution in [0.1, 0.15) is 12.2 Å². The molecule has 0 aliphatic carbocycles. The first-order valence-electron chi connectivity index (χ1n) is 9.95. The molecule has 0 saturated carbocycles. The molecule has 2 aromatic heterocycles. The average molecular weight is 438 g/mol. The maximum atomic E-state index is 13.1. The highest BCUT2D eigenvalue weighted by molar-refractivity contribution is 5.96. The van der Waals surface area contributed by atoms with Gasteiger partial charge in [0.1, 0.15) is 5.82 Å². The van der Waals surface area contributed by atoms with E-state index in [4.69, 9.17) is 0 Å². The van der Waals surface area contributed by atoms with Crippen molar-refractivity contribution in [2.24, 2.45) is 11.8 Å². The highest BCUT2D eigenvalue weighted by Gasteiger charge is 2.46. The van der Waals surface area contributed by atoms with Crippen LogP contribution in [0.3, 0.4) is 0 Å². The average Bonchev–Trinajstić information content (AvgIpc) is 3.40. The Morgan fingerprint density at radius 1 is 1.00 bits per heavy atom. The summed E-state index contributed by atoms with van der Waals surface area (Å²) in [4.78, 5) is 31.3. The van der Waals surface area contributed by atoms with E-state index in [2.05, 4.69) is 20.2 Å². The van der Waals surface area contributed by atoms with Gasteiger partial charge in [0.05, 0.1) is 12.6 Å². The molecule has 3 aliphatic rings. The molecule has 5 rings (SSSR count). The normalized spacial score (nSPS) is 27.6. The first-order chi connectivity index (χ1) is 14.6. The fourth-order valence-corrected chi connectivity index (χ4v) is 4.86. The van der Waals surface area contributed by atoms with Gasteiger partial charge in [-0.15, -0.1) is 15.3 Å². The van der Waals surface area contributed by atoms with Crippen molar-refractivity contribution in [3.63, 3.8) is 0 Å². The monoisotopic (exact) mass is 438 g/mol. The predicted molar refractivity (Wildman–Crippen MR) is 101 cm³/mol. The van der Waals surface area contributed by atoms with Gasteiger partial charge >= 0.3 is 12.2 Å². The second kappa shape index (κ2) is 6.77. The fourth-order valence-electron chi connectivity index (χ4n) is 4.86. The van der Waals surface area contributed by atoms with E-state index < -0.39 is 12.0 Å². The zero-order chi connectivity index (χ0) is 22.1. The Kier molecular flexibility index (Phi) is 4.36. The molecule has 10 nitrogen and oxygen atoms in total. The first kappa shape index (κ1) is 20.0. The summed E-state index contributed by atoms with van der Waals surface area (Å²) in [5.41, 5.74) is 0.0429. The minimum absolute atomic E-state index is 0.0429. The van der Waals surface area contributed by atoms with Crippen molar-refractivity contribution >= 4 is 23.4 Å². The Hall–Kier alpha value is -2.96. The molecule has 3 unspecified atom stereocenters. The molecule has 5 heterocycles. The number of hydrogen-bond acceptors (Lipinski definition) is 7. The Labute approximate surface area is 175 Å². The number of fused-ring (bicyclic) bond motifs is 2. The second-order valence-corrected chi connectivity index (χ2v) is 8.39. The van der Waals surface area contributed by atoms with Gasteiger partial charge in [-0.05, 0) is 24.0 Å². The van der Waals surface area contributed by atoms with Gasteiger partial charge in [0.25, 0.3) is 5.82 Å². The van der Waals surface area contributed by atoms with Gasteiger partial charge in [-0.2, -0.15) is 17.7 Å². The lowest BCUT2D eigenvalue weighted by molar-refractivity contribution is -0.146. The van der Waals surface area contributed by atoms with Crippen molar-refractivity contribution in [2.75, 3.05) is 45.2 Å². The number of anilines is 1. The van der Waals surface area contributed by atoms with Crippen molar-refractivity contribution in [1.29, 1.82) is 0 Å². The number of halogens is 3. The van der Waals surface area contributed by atoms with Crippen LogP contribution < -0.4 is 4.90 Å². The number of hydrogen-bond donors (Lipinski definition) is 0. The van der Waals surface area contributed by atoms with Crippen LogP contribution in [0.5, 0.6) is 0 Å². The molecule has 3 amide bonds. The van der Waals surface area contributed by atoms with Gasteiger partial charge in [-0.25, -0.2) is 4.79 Å². The maximum Gasteiger partial charge on any atom is 0.453 e. The Balaban J connectivity index is 1.30. The molecular weight excluding hydrogens is 417 g/mol. The number of urea groups is 1. The summed E-state index contributed by atoms with van der Waals surface area (Å²) in [6, 6.07) is 2.83. The lowest BCUT2D eigenvalue weighted by Gasteiger charge is -2.41. The molecule has 2 aromatic rings. The van der Waals surface area contributed by atoms with E-state index in [0.717, 1.165) is 9.42 Å². The van der Waals surface area contributed by atoms with Crippen LogP contribution in [0.25, 0.3) is 5.65 Å². The third-order valence-electron chi connectivity index (χ3n) is 6.53. The molecule has 0 radical (unpaired) electrons. The van der Waals surface area contributed by atoms with Crippen molar-refractivity contribution in [3.05, 3.63) is 18.0 Å². The number of carbonyl (C=O) groups excluding carboxylic acids is 2. The minimum Gasteiger partial charge on any atom is -0.355 e. The van der Waals surface area contributed by atoms with Crippen LogP contribution >= 0.6 is 0 Å². The van der Waals surface area contributed by atoms with E-state index in [1.54, 1.807) is 18.0 Å². The number of rotatable bonds is 2. The van der Waals surface area contributed by atoms with E-state index in [1.807, 2.05) is 4.90 Å². The standard InChI is InChI=1S/C18H21F3N8O2/c1-25-14(5-15(30)26(2)17(25)31)28-8-10-6-27(7-11(10)9-28)13-4-3-12-22-23-16(18(19,20)21)29(12)24-13/h3-4,10-11,14H,5-9H2,1-2H3. The van der Waals surface area contributed by atoms with Crippen LogP contribution in [0.2, 0.25) is 0 Å². The summed E-state index contributed by atoms with van der Waals surface area (Å²) in [5, 5.41) is 10.9. The smallest absolute Gasteiger partial charge is 0.355 e. The van der Waals surface area contributed by atoms with Crippen LogP contribution in [0.15, 0.2) is 12.1 Å². The molecule has 0 spiro atoms. The van der Waals surface area contributed by atoms with Gasteiger partial charge in [0, 0.05) is 40.3 Å². The van der Waals surface area contributed by atoms with Crippen LogP contribution in [-0.2, 0) is 11.0 Å². The third kappa shape index (κ3) is 3.18. The van der Waals surface area contributed by atoms with Crippen LogP contribution in [-0.4, -0.2) is 92.9 Å². The van der Waals surface area contributed by atoms with Gasteiger partial charge < -0.3 is 9.80 Å². The number of aromatic nitrogens is 4. The largest absolute Gasteiger partial charge is 0.453 e. The zero-order valence-corrected chi connectivity index (χ0v) is 17.0. The van der Waals surface area contributed by atoms with Crippen molar-refractivity contribution in [1.82, 2.24) is 34.5 Å². The quantitative estimate of drug-likeness (QED) is 0.684. The number of carbonyl (C=O) groups is 2. The molecule has 0 N–H and O–H groups in total. The molecule has 3 atom stereocenters. The second-order valence-electron chi connectivity index (χ2n) is 8.39.